The van der Waals surface area contributed by atoms with Gasteiger partial charge in [0, 0.05) is 5.56 Å². The Hall–Kier alpha value is -0.900. The first kappa shape index (κ1) is 10.3. The summed E-state index contributed by atoms with van der Waals surface area (Å²) < 4.78 is 5.67. The molecule has 0 amide bonds. The van der Waals surface area contributed by atoms with Crippen LogP contribution in [0.1, 0.15) is 24.0 Å². The van der Waals surface area contributed by atoms with Crippen molar-refractivity contribution in [1.29, 1.82) is 0 Å². The van der Waals surface area contributed by atoms with E-state index < -0.39 is 5.79 Å². The van der Waals surface area contributed by atoms with Crippen LogP contribution in [-0.4, -0.2) is 24.3 Å². The summed E-state index contributed by atoms with van der Waals surface area (Å²) in [6, 6.07) is 8.08. The molecule has 1 fully saturated rings. The second kappa shape index (κ2) is 3.84. The number of fused-ring (bicyclic) bond motifs is 1. The molecule has 3 nitrogen and oxygen atoms in total. The van der Waals surface area contributed by atoms with Gasteiger partial charge in [-0.05, 0) is 31.4 Å². The number of nitrogens with one attached hydrogen (secondary N) is 1. The maximum absolute atomic E-state index is 10.7. The predicted octanol–water partition coefficient (Wildman–Crippen LogP) is 1.16. The molecule has 1 aromatic carbocycles. The molecule has 86 valence electrons. The summed E-state index contributed by atoms with van der Waals surface area (Å²) in [4.78, 5) is 0. The minimum absolute atomic E-state index is 0.0361. The molecule has 0 unspecified atom stereocenters. The van der Waals surface area contributed by atoms with Gasteiger partial charge in [0.2, 0.25) is 5.79 Å². The number of hydrogen-bond acceptors (Lipinski definition) is 3. The van der Waals surface area contributed by atoms with Crippen LogP contribution in [0.2, 0.25) is 0 Å². The van der Waals surface area contributed by atoms with Gasteiger partial charge in [-0.15, -0.1) is 0 Å². The van der Waals surface area contributed by atoms with Crippen molar-refractivity contribution < 1.29 is 9.84 Å². The van der Waals surface area contributed by atoms with Crippen LogP contribution in [0, 0.1) is 0 Å². The summed E-state index contributed by atoms with van der Waals surface area (Å²) in [6.07, 6.45) is 2.98. The fourth-order valence-corrected chi connectivity index (χ4v) is 2.79. The van der Waals surface area contributed by atoms with Crippen molar-refractivity contribution in [2.24, 2.45) is 0 Å². The number of ether oxygens (including phenoxy) is 1. The van der Waals surface area contributed by atoms with Crippen LogP contribution in [0.25, 0.3) is 0 Å². The Labute approximate surface area is 95.4 Å². The fraction of sp³-hybridized carbons (Fsp3) is 0.538. The van der Waals surface area contributed by atoms with Gasteiger partial charge in [0.15, 0.2) is 0 Å². The summed E-state index contributed by atoms with van der Waals surface area (Å²) >= 11 is 0. The van der Waals surface area contributed by atoms with E-state index >= 15 is 0 Å². The Bertz CT molecular complexity index is 387. The molecule has 0 radical (unpaired) electrons. The number of aliphatic hydroxyl groups is 1. The molecule has 0 spiro atoms. The topological polar surface area (TPSA) is 41.5 Å². The van der Waals surface area contributed by atoms with Crippen LogP contribution in [-0.2, 0) is 16.9 Å². The van der Waals surface area contributed by atoms with E-state index in [1.165, 1.54) is 5.56 Å². The molecule has 2 aliphatic rings. The second-order valence-corrected chi connectivity index (χ2v) is 4.60. The Balaban J connectivity index is 2.02. The van der Waals surface area contributed by atoms with Gasteiger partial charge in [-0.25, -0.2) is 0 Å². The predicted molar refractivity (Wildman–Crippen MR) is 61.0 cm³/mol. The Morgan fingerprint density at radius 1 is 1.38 bits per heavy atom. The highest BCUT2D eigenvalue weighted by Gasteiger charge is 2.44. The number of rotatable bonds is 1. The van der Waals surface area contributed by atoms with E-state index in [1.807, 2.05) is 18.2 Å². The molecular formula is C13H17NO2. The van der Waals surface area contributed by atoms with Gasteiger partial charge in [0.05, 0.1) is 12.6 Å². The van der Waals surface area contributed by atoms with E-state index in [0.717, 1.165) is 31.4 Å². The van der Waals surface area contributed by atoms with Crippen molar-refractivity contribution in [3.05, 3.63) is 35.4 Å². The fourth-order valence-electron chi connectivity index (χ4n) is 2.79. The van der Waals surface area contributed by atoms with Crippen molar-refractivity contribution in [2.75, 3.05) is 13.2 Å². The van der Waals surface area contributed by atoms with Crippen LogP contribution in [0.3, 0.4) is 0 Å². The minimum atomic E-state index is -1.12. The Morgan fingerprint density at radius 2 is 2.25 bits per heavy atom. The first-order valence-corrected chi connectivity index (χ1v) is 5.99. The zero-order chi connectivity index (χ0) is 11.0. The lowest BCUT2D eigenvalue weighted by molar-refractivity contribution is -0.236. The van der Waals surface area contributed by atoms with Crippen LogP contribution in [0.15, 0.2) is 24.3 Å². The lowest BCUT2D eigenvalue weighted by Crippen LogP contribution is -2.50. The Kier molecular flexibility index (Phi) is 2.46. The van der Waals surface area contributed by atoms with E-state index in [0.29, 0.717) is 6.61 Å². The van der Waals surface area contributed by atoms with E-state index in [2.05, 4.69) is 11.4 Å². The summed E-state index contributed by atoms with van der Waals surface area (Å²) in [7, 11) is 0. The van der Waals surface area contributed by atoms with Crippen LogP contribution < -0.4 is 5.32 Å². The molecule has 3 heteroatoms. The van der Waals surface area contributed by atoms with Crippen molar-refractivity contribution in [3.63, 3.8) is 0 Å². The summed E-state index contributed by atoms with van der Waals surface area (Å²) in [5.74, 6) is -1.12. The van der Waals surface area contributed by atoms with Gasteiger partial charge in [-0.2, -0.15) is 0 Å². The quantitative estimate of drug-likeness (QED) is 0.744. The molecule has 2 N–H and O–H groups in total. The molecule has 2 aliphatic heterocycles. The molecular weight excluding hydrogens is 202 g/mol. The van der Waals surface area contributed by atoms with Crippen molar-refractivity contribution in [2.45, 2.75) is 31.1 Å². The standard InChI is InChI=1S/C13H17NO2/c15-13(12-6-3-8-14-12)11-5-2-1-4-10(11)7-9-16-13/h1-2,4-5,12,14-15H,3,6-9H2/t12-,13+/m0/s1. The summed E-state index contributed by atoms with van der Waals surface area (Å²) in [5, 5.41) is 14.1. The van der Waals surface area contributed by atoms with Crippen molar-refractivity contribution >= 4 is 0 Å². The maximum Gasteiger partial charge on any atom is 0.208 e. The van der Waals surface area contributed by atoms with Crippen LogP contribution in [0.4, 0.5) is 0 Å². The molecule has 0 aliphatic carbocycles. The third-order valence-electron chi connectivity index (χ3n) is 3.63. The molecule has 0 bridgehead atoms. The zero-order valence-corrected chi connectivity index (χ0v) is 9.28. The van der Waals surface area contributed by atoms with Gasteiger partial charge in [0.1, 0.15) is 0 Å². The van der Waals surface area contributed by atoms with Gasteiger partial charge in [-0.1, -0.05) is 24.3 Å². The van der Waals surface area contributed by atoms with E-state index in [-0.39, 0.29) is 6.04 Å². The molecule has 1 saturated heterocycles. The minimum Gasteiger partial charge on any atom is -0.361 e. The maximum atomic E-state index is 10.7. The molecule has 0 saturated carbocycles. The average Bonchev–Trinajstić information content (AvgIpc) is 2.84. The van der Waals surface area contributed by atoms with Crippen molar-refractivity contribution in [3.8, 4) is 0 Å². The van der Waals surface area contributed by atoms with Gasteiger partial charge in [0.25, 0.3) is 0 Å². The molecule has 2 atom stereocenters. The third-order valence-corrected chi connectivity index (χ3v) is 3.63. The SMILES string of the molecule is O[C@@]1([C@@H]2CCCN2)OCCc2ccccc21. The van der Waals surface area contributed by atoms with Crippen LogP contribution in [0.5, 0.6) is 0 Å². The van der Waals surface area contributed by atoms with Crippen molar-refractivity contribution in [1.82, 2.24) is 5.32 Å². The second-order valence-electron chi connectivity index (χ2n) is 4.60. The smallest absolute Gasteiger partial charge is 0.208 e. The lowest BCUT2D eigenvalue weighted by Gasteiger charge is -2.38. The highest BCUT2D eigenvalue weighted by atomic mass is 16.6. The first-order chi connectivity index (χ1) is 7.81. The Morgan fingerprint density at radius 3 is 3.06 bits per heavy atom. The molecule has 16 heavy (non-hydrogen) atoms. The van der Waals surface area contributed by atoms with Gasteiger partial charge in [-0.3, -0.25) is 0 Å². The summed E-state index contributed by atoms with van der Waals surface area (Å²) in [5.41, 5.74) is 2.16. The zero-order valence-electron chi connectivity index (χ0n) is 9.28. The largest absolute Gasteiger partial charge is 0.361 e. The third kappa shape index (κ3) is 1.47. The normalized spacial score (nSPS) is 33.7. The number of hydrogen-bond donors (Lipinski definition) is 2. The van der Waals surface area contributed by atoms with E-state index in [1.54, 1.807) is 0 Å². The molecule has 1 aromatic rings. The van der Waals surface area contributed by atoms with E-state index in [9.17, 15) is 5.11 Å². The average molecular weight is 219 g/mol. The van der Waals surface area contributed by atoms with Gasteiger partial charge < -0.3 is 15.2 Å². The lowest BCUT2D eigenvalue weighted by atomic mass is 9.89. The molecule has 0 aromatic heterocycles. The summed E-state index contributed by atoms with van der Waals surface area (Å²) in [6.45, 7) is 1.57. The van der Waals surface area contributed by atoms with E-state index in [4.69, 9.17) is 4.74 Å². The van der Waals surface area contributed by atoms with Gasteiger partial charge >= 0.3 is 0 Å². The van der Waals surface area contributed by atoms with Crippen LogP contribution >= 0.6 is 0 Å². The highest BCUT2D eigenvalue weighted by Crippen LogP contribution is 2.36. The molecule has 2 heterocycles. The highest BCUT2D eigenvalue weighted by molar-refractivity contribution is 5.34. The monoisotopic (exact) mass is 219 g/mol. The molecule has 3 rings (SSSR count). The number of benzene rings is 1. The first-order valence-electron chi connectivity index (χ1n) is 5.99.